The molecule has 0 radical (unpaired) electrons. The lowest BCUT2D eigenvalue weighted by atomic mass is 10.4. The Morgan fingerprint density at radius 1 is 1.29 bits per heavy atom. The van der Waals surface area contributed by atoms with Gasteiger partial charge in [0.1, 0.15) is 6.34 Å². The van der Waals surface area contributed by atoms with Crippen molar-refractivity contribution in [2.45, 2.75) is 16.3 Å². The normalized spacial score (nSPS) is 23.5. The van der Waals surface area contributed by atoms with Crippen molar-refractivity contribution >= 4 is 41.1 Å². The zero-order chi connectivity index (χ0) is 11.1. The molecule has 1 aliphatic heterocycles. The van der Waals surface area contributed by atoms with E-state index in [1.165, 1.54) is 0 Å². The van der Waals surface area contributed by atoms with Gasteiger partial charge in [0.25, 0.3) is 3.92 Å². The summed E-state index contributed by atoms with van der Waals surface area (Å²) in [6.45, 7) is 0. The van der Waals surface area contributed by atoms with Crippen molar-refractivity contribution in [3.8, 4) is 0 Å². The Morgan fingerprint density at radius 3 is 2.07 bits per heavy atom. The second kappa shape index (κ2) is 3.50. The molecular formula is C5H5Cl3F3N3. The van der Waals surface area contributed by atoms with Gasteiger partial charge in [-0.15, -0.1) is 0 Å². The molecule has 1 rings (SSSR count). The van der Waals surface area contributed by atoms with Gasteiger partial charge in [0.15, 0.2) is 0 Å². The second-order valence-corrected chi connectivity index (χ2v) is 4.82. The van der Waals surface area contributed by atoms with Gasteiger partial charge in [-0.1, -0.05) is 34.8 Å². The topological polar surface area (TPSA) is 18.8 Å². The smallest absolute Gasteiger partial charge is 0.286 e. The van der Waals surface area contributed by atoms with Gasteiger partial charge in [0.2, 0.25) is 6.17 Å². The van der Waals surface area contributed by atoms with Crippen LogP contribution in [0.2, 0.25) is 0 Å². The fraction of sp³-hybridized carbons (Fsp3) is 0.800. The van der Waals surface area contributed by atoms with Gasteiger partial charge >= 0.3 is 6.18 Å². The van der Waals surface area contributed by atoms with E-state index >= 15 is 0 Å². The highest BCUT2D eigenvalue weighted by molar-refractivity contribution is 6.67. The number of hydrazone groups is 1. The first-order valence-corrected chi connectivity index (χ1v) is 4.46. The Kier molecular flexibility index (Phi) is 3.00. The standard InChI is InChI=1S/C5H5Cl3F3N3/c1-13-3(4(9,10)11)14(2-12-13)5(6,7)8/h2-3H,1H3. The lowest BCUT2D eigenvalue weighted by Gasteiger charge is -2.33. The molecule has 1 unspecified atom stereocenters. The Morgan fingerprint density at radius 2 is 1.79 bits per heavy atom. The molecule has 0 amide bonds. The molecule has 3 nitrogen and oxygen atoms in total. The van der Waals surface area contributed by atoms with Crippen LogP contribution in [0.5, 0.6) is 0 Å². The van der Waals surface area contributed by atoms with Crippen LogP contribution in [-0.4, -0.2) is 39.6 Å². The number of hydrogen-bond acceptors (Lipinski definition) is 3. The molecule has 0 saturated carbocycles. The molecule has 1 heterocycles. The molecule has 0 aromatic carbocycles. The summed E-state index contributed by atoms with van der Waals surface area (Å²) in [6, 6.07) is 0. The molecule has 0 aliphatic carbocycles. The molecule has 1 atom stereocenters. The quantitative estimate of drug-likeness (QED) is 0.497. The highest BCUT2D eigenvalue weighted by Gasteiger charge is 2.53. The van der Waals surface area contributed by atoms with E-state index in [4.69, 9.17) is 34.8 Å². The van der Waals surface area contributed by atoms with Crippen LogP contribution >= 0.6 is 34.8 Å². The first-order valence-electron chi connectivity index (χ1n) is 3.33. The SMILES string of the molecule is CN1N=CN(C(Cl)(Cl)Cl)C1C(F)(F)F. The van der Waals surface area contributed by atoms with Crippen molar-refractivity contribution in [1.82, 2.24) is 9.91 Å². The monoisotopic (exact) mass is 269 g/mol. The van der Waals surface area contributed by atoms with Crippen molar-refractivity contribution in [3.05, 3.63) is 0 Å². The van der Waals surface area contributed by atoms with E-state index < -0.39 is 16.3 Å². The van der Waals surface area contributed by atoms with Gasteiger partial charge in [-0.3, -0.25) is 9.91 Å². The predicted molar refractivity (Wildman–Crippen MR) is 48.2 cm³/mol. The predicted octanol–water partition coefficient (Wildman–Crippen LogP) is 2.39. The molecule has 0 fully saturated rings. The summed E-state index contributed by atoms with van der Waals surface area (Å²) in [6.07, 6.45) is -5.75. The molecule has 82 valence electrons. The number of nitrogens with zero attached hydrogens (tertiary/aromatic N) is 3. The van der Waals surface area contributed by atoms with Crippen molar-refractivity contribution in [2.75, 3.05) is 7.05 Å². The maximum absolute atomic E-state index is 12.5. The van der Waals surface area contributed by atoms with Crippen molar-refractivity contribution in [2.24, 2.45) is 5.10 Å². The summed E-state index contributed by atoms with van der Waals surface area (Å²) in [5.41, 5.74) is 0. The minimum absolute atomic E-state index is 0.498. The van der Waals surface area contributed by atoms with Gasteiger partial charge in [-0.2, -0.15) is 18.3 Å². The molecule has 0 N–H and O–H groups in total. The van der Waals surface area contributed by atoms with Gasteiger partial charge in [0, 0.05) is 7.05 Å². The van der Waals surface area contributed by atoms with Crippen molar-refractivity contribution in [1.29, 1.82) is 0 Å². The minimum atomic E-state index is -4.55. The van der Waals surface area contributed by atoms with Crippen LogP contribution in [0.4, 0.5) is 13.2 Å². The zero-order valence-corrected chi connectivity index (χ0v) is 9.03. The maximum atomic E-state index is 12.5. The van der Waals surface area contributed by atoms with Crippen LogP contribution in [0.3, 0.4) is 0 Å². The van der Waals surface area contributed by atoms with E-state index in [-0.39, 0.29) is 0 Å². The summed E-state index contributed by atoms with van der Waals surface area (Å²) < 4.78 is 35.2. The molecule has 0 aromatic rings. The number of alkyl halides is 6. The van der Waals surface area contributed by atoms with E-state index in [9.17, 15) is 13.2 Å². The molecule has 1 aliphatic rings. The molecule has 0 bridgehead atoms. The van der Waals surface area contributed by atoms with Crippen LogP contribution in [0.1, 0.15) is 0 Å². The third-order valence-corrected chi connectivity index (χ3v) is 2.15. The van der Waals surface area contributed by atoms with Gasteiger partial charge in [-0.05, 0) is 0 Å². The first-order chi connectivity index (χ1) is 6.14. The summed E-state index contributed by atoms with van der Waals surface area (Å²) in [7, 11) is 1.14. The van der Waals surface area contributed by atoms with Crippen molar-refractivity contribution in [3.63, 3.8) is 0 Å². The summed E-state index contributed by atoms with van der Waals surface area (Å²) in [4.78, 5) is 0.498. The Labute approximate surface area is 93.0 Å². The van der Waals surface area contributed by atoms with E-state index in [1.54, 1.807) is 0 Å². The maximum Gasteiger partial charge on any atom is 0.429 e. The van der Waals surface area contributed by atoms with E-state index in [0.29, 0.717) is 9.91 Å². The Hall–Kier alpha value is -0.0700. The van der Waals surface area contributed by atoms with Crippen LogP contribution in [0, 0.1) is 0 Å². The van der Waals surface area contributed by atoms with Crippen LogP contribution in [-0.2, 0) is 0 Å². The number of hydrogen-bond donors (Lipinski definition) is 0. The summed E-state index contributed by atoms with van der Waals surface area (Å²) in [5.74, 6) is 0. The third kappa shape index (κ3) is 2.29. The number of rotatable bonds is 0. The highest BCUT2D eigenvalue weighted by atomic mass is 35.6. The molecular weight excluding hydrogens is 265 g/mol. The van der Waals surface area contributed by atoms with E-state index in [1.807, 2.05) is 0 Å². The summed E-state index contributed by atoms with van der Waals surface area (Å²) >= 11 is 16.0. The largest absolute Gasteiger partial charge is 0.429 e. The average Bonchev–Trinajstić information content (AvgIpc) is 2.27. The van der Waals surface area contributed by atoms with E-state index in [0.717, 1.165) is 13.4 Å². The fourth-order valence-electron chi connectivity index (χ4n) is 1.02. The van der Waals surface area contributed by atoms with Gasteiger partial charge < -0.3 is 0 Å². The van der Waals surface area contributed by atoms with Gasteiger partial charge in [0.05, 0.1) is 0 Å². The zero-order valence-electron chi connectivity index (χ0n) is 6.76. The average molecular weight is 270 g/mol. The molecule has 0 aromatic heterocycles. The first kappa shape index (κ1) is 12.0. The molecule has 14 heavy (non-hydrogen) atoms. The molecule has 0 saturated heterocycles. The molecule has 0 spiro atoms. The molecule has 9 heteroatoms. The lowest BCUT2D eigenvalue weighted by Crippen LogP contribution is -2.53. The second-order valence-electron chi connectivity index (χ2n) is 2.59. The Bertz CT molecular complexity index is 249. The third-order valence-electron chi connectivity index (χ3n) is 1.56. The number of halogens is 6. The van der Waals surface area contributed by atoms with Crippen LogP contribution in [0.25, 0.3) is 0 Å². The van der Waals surface area contributed by atoms with Gasteiger partial charge in [-0.25, -0.2) is 0 Å². The Balaban J connectivity index is 2.93. The lowest BCUT2D eigenvalue weighted by molar-refractivity contribution is -0.204. The van der Waals surface area contributed by atoms with E-state index in [2.05, 4.69) is 5.10 Å². The summed E-state index contributed by atoms with van der Waals surface area (Å²) in [5, 5.41) is 4.06. The fourth-order valence-corrected chi connectivity index (χ4v) is 1.43. The van der Waals surface area contributed by atoms with Crippen LogP contribution in [0.15, 0.2) is 5.10 Å². The van der Waals surface area contributed by atoms with Crippen molar-refractivity contribution < 1.29 is 13.2 Å². The highest BCUT2D eigenvalue weighted by Crippen LogP contribution is 2.39. The minimum Gasteiger partial charge on any atom is -0.286 e. The van der Waals surface area contributed by atoms with Crippen LogP contribution < -0.4 is 0 Å².